The molecule has 0 spiro atoms. The zero-order valence-electron chi connectivity index (χ0n) is 12.3. The first kappa shape index (κ1) is 15.5. The number of hydrogen-bond acceptors (Lipinski definition) is 5. The summed E-state index contributed by atoms with van der Waals surface area (Å²) in [6.45, 7) is 2.16. The molecular formula is C14H20FN5O. The molecule has 0 aliphatic carbocycles. The maximum Gasteiger partial charge on any atom is 0.175 e. The van der Waals surface area contributed by atoms with Crippen molar-refractivity contribution in [2.75, 3.05) is 26.8 Å². The van der Waals surface area contributed by atoms with Crippen molar-refractivity contribution in [1.82, 2.24) is 25.5 Å². The highest BCUT2D eigenvalue weighted by Gasteiger charge is 2.15. The number of tetrazole rings is 1. The smallest absolute Gasteiger partial charge is 0.175 e. The molecule has 6 nitrogen and oxygen atoms in total. The van der Waals surface area contributed by atoms with E-state index in [1.54, 1.807) is 26.3 Å². The largest absolute Gasteiger partial charge is 0.383 e. The molecule has 0 bridgehead atoms. The lowest BCUT2D eigenvalue weighted by Crippen LogP contribution is -2.26. The van der Waals surface area contributed by atoms with E-state index in [1.165, 1.54) is 16.9 Å². The molecule has 0 amide bonds. The average Bonchev–Trinajstić information content (AvgIpc) is 2.88. The second-order valence-electron chi connectivity index (χ2n) is 4.84. The van der Waals surface area contributed by atoms with Crippen LogP contribution in [0.4, 0.5) is 4.39 Å². The molecule has 0 aliphatic rings. The first-order chi connectivity index (χ1) is 10.2. The van der Waals surface area contributed by atoms with Gasteiger partial charge in [-0.15, -0.1) is 10.2 Å². The van der Waals surface area contributed by atoms with Gasteiger partial charge >= 0.3 is 0 Å². The van der Waals surface area contributed by atoms with E-state index in [1.807, 2.05) is 0 Å². The van der Waals surface area contributed by atoms with E-state index in [4.69, 9.17) is 4.74 Å². The molecular weight excluding hydrogens is 273 g/mol. The SMILES string of the molecule is COCCNCC(Cc1nnn(C)n1)c1ccc(F)cc1. The Bertz CT molecular complexity index is 543. The highest BCUT2D eigenvalue weighted by atomic mass is 19.1. The summed E-state index contributed by atoms with van der Waals surface area (Å²) in [5.41, 5.74) is 1.05. The Morgan fingerprint density at radius 3 is 2.71 bits per heavy atom. The van der Waals surface area contributed by atoms with Crippen LogP contribution in [0.15, 0.2) is 24.3 Å². The van der Waals surface area contributed by atoms with Crippen LogP contribution in [-0.2, 0) is 18.2 Å². The van der Waals surface area contributed by atoms with Gasteiger partial charge < -0.3 is 10.1 Å². The standard InChI is InChI=1S/C14H20FN5O/c1-20-18-14(17-19-20)9-12(10-16-7-8-21-2)11-3-5-13(15)6-4-11/h3-6,12,16H,7-10H2,1-2H3. The van der Waals surface area contributed by atoms with Crippen molar-refractivity contribution in [3.63, 3.8) is 0 Å². The predicted octanol–water partition coefficient (Wildman–Crippen LogP) is 0.911. The van der Waals surface area contributed by atoms with E-state index in [0.29, 0.717) is 18.9 Å². The first-order valence-corrected chi connectivity index (χ1v) is 6.87. The topological polar surface area (TPSA) is 64.9 Å². The van der Waals surface area contributed by atoms with Crippen molar-refractivity contribution < 1.29 is 9.13 Å². The van der Waals surface area contributed by atoms with Crippen LogP contribution in [0.5, 0.6) is 0 Å². The van der Waals surface area contributed by atoms with Crippen molar-refractivity contribution in [3.8, 4) is 0 Å². The number of halogens is 1. The molecule has 1 heterocycles. The predicted molar refractivity (Wildman–Crippen MR) is 76.4 cm³/mol. The van der Waals surface area contributed by atoms with Crippen LogP contribution >= 0.6 is 0 Å². The van der Waals surface area contributed by atoms with Gasteiger partial charge in [0, 0.05) is 32.5 Å². The van der Waals surface area contributed by atoms with Crippen molar-refractivity contribution in [1.29, 1.82) is 0 Å². The molecule has 7 heteroatoms. The maximum absolute atomic E-state index is 13.1. The molecule has 1 aromatic carbocycles. The van der Waals surface area contributed by atoms with Gasteiger partial charge in [-0.25, -0.2) is 4.39 Å². The zero-order valence-corrected chi connectivity index (χ0v) is 12.3. The van der Waals surface area contributed by atoms with Gasteiger partial charge in [-0.3, -0.25) is 0 Å². The highest BCUT2D eigenvalue weighted by molar-refractivity contribution is 5.21. The van der Waals surface area contributed by atoms with Crippen LogP contribution < -0.4 is 5.32 Å². The molecule has 114 valence electrons. The number of aromatic nitrogens is 4. The lowest BCUT2D eigenvalue weighted by atomic mass is 9.95. The van der Waals surface area contributed by atoms with E-state index in [-0.39, 0.29) is 11.7 Å². The van der Waals surface area contributed by atoms with Crippen LogP contribution in [0.1, 0.15) is 17.3 Å². The molecule has 1 atom stereocenters. The summed E-state index contributed by atoms with van der Waals surface area (Å²) < 4.78 is 18.1. The minimum absolute atomic E-state index is 0.159. The minimum atomic E-state index is -0.234. The van der Waals surface area contributed by atoms with Gasteiger partial charge in [0.05, 0.1) is 13.7 Å². The number of nitrogens with zero attached hydrogens (tertiary/aromatic N) is 4. The van der Waals surface area contributed by atoms with Crippen molar-refractivity contribution in [2.24, 2.45) is 7.05 Å². The third-order valence-corrected chi connectivity index (χ3v) is 3.19. The van der Waals surface area contributed by atoms with Crippen LogP contribution in [0.3, 0.4) is 0 Å². The molecule has 0 saturated carbocycles. The zero-order chi connectivity index (χ0) is 15.1. The second-order valence-corrected chi connectivity index (χ2v) is 4.84. The Kier molecular flexibility index (Phi) is 5.77. The Morgan fingerprint density at radius 1 is 1.33 bits per heavy atom. The van der Waals surface area contributed by atoms with Gasteiger partial charge in [0.25, 0.3) is 0 Å². The number of benzene rings is 1. The number of nitrogens with one attached hydrogen (secondary N) is 1. The molecule has 1 unspecified atom stereocenters. The fourth-order valence-electron chi connectivity index (χ4n) is 2.12. The maximum atomic E-state index is 13.1. The number of ether oxygens (including phenoxy) is 1. The lowest BCUT2D eigenvalue weighted by molar-refractivity contribution is 0.199. The molecule has 0 fully saturated rings. The second kappa shape index (κ2) is 7.80. The summed E-state index contributed by atoms with van der Waals surface area (Å²) in [5, 5.41) is 15.4. The molecule has 0 aliphatic heterocycles. The van der Waals surface area contributed by atoms with Crippen LogP contribution in [-0.4, -0.2) is 47.0 Å². The minimum Gasteiger partial charge on any atom is -0.383 e. The van der Waals surface area contributed by atoms with E-state index < -0.39 is 0 Å². The van der Waals surface area contributed by atoms with Crippen LogP contribution in [0, 0.1) is 5.82 Å². The van der Waals surface area contributed by atoms with Crippen LogP contribution in [0.25, 0.3) is 0 Å². The number of rotatable bonds is 8. The molecule has 2 aromatic rings. The van der Waals surface area contributed by atoms with Gasteiger partial charge in [-0.1, -0.05) is 12.1 Å². The summed E-state index contributed by atoms with van der Waals surface area (Å²) in [4.78, 5) is 1.44. The molecule has 0 radical (unpaired) electrons. The number of methoxy groups -OCH3 is 1. The number of aryl methyl sites for hydroxylation is 1. The summed E-state index contributed by atoms with van der Waals surface area (Å²) in [5.74, 6) is 0.606. The third kappa shape index (κ3) is 4.87. The Hall–Kier alpha value is -1.86. The molecule has 0 saturated heterocycles. The monoisotopic (exact) mass is 293 g/mol. The molecule has 1 aromatic heterocycles. The molecule has 2 rings (SSSR count). The highest BCUT2D eigenvalue weighted by Crippen LogP contribution is 2.19. The Balaban J connectivity index is 2.04. The summed E-state index contributed by atoms with van der Waals surface area (Å²) in [6.07, 6.45) is 0.652. The normalized spacial score (nSPS) is 12.5. The summed E-state index contributed by atoms with van der Waals surface area (Å²) >= 11 is 0. The fraction of sp³-hybridized carbons (Fsp3) is 0.500. The summed E-state index contributed by atoms with van der Waals surface area (Å²) in [7, 11) is 3.41. The molecule has 1 N–H and O–H groups in total. The van der Waals surface area contributed by atoms with Gasteiger partial charge in [0.15, 0.2) is 5.82 Å². The van der Waals surface area contributed by atoms with E-state index in [9.17, 15) is 4.39 Å². The van der Waals surface area contributed by atoms with Crippen molar-refractivity contribution >= 4 is 0 Å². The Labute approximate surface area is 123 Å². The fourth-order valence-corrected chi connectivity index (χ4v) is 2.12. The van der Waals surface area contributed by atoms with E-state index >= 15 is 0 Å². The van der Waals surface area contributed by atoms with Gasteiger partial charge in [-0.2, -0.15) is 4.80 Å². The van der Waals surface area contributed by atoms with Crippen molar-refractivity contribution in [3.05, 3.63) is 41.5 Å². The van der Waals surface area contributed by atoms with Crippen LogP contribution in [0.2, 0.25) is 0 Å². The Morgan fingerprint density at radius 2 is 2.10 bits per heavy atom. The first-order valence-electron chi connectivity index (χ1n) is 6.87. The van der Waals surface area contributed by atoms with Crippen molar-refractivity contribution in [2.45, 2.75) is 12.3 Å². The van der Waals surface area contributed by atoms with E-state index in [0.717, 1.165) is 18.7 Å². The quantitative estimate of drug-likeness (QED) is 0.733. The average molecular weight is 293 g/mol. The molecule has 21 heavy (non-hydrogen) atoms. The van der Waals surface area contributed by atoms with E-state index in [2.05, 4.69) is 20.7 Å². The van der Waals surface area contributed by atoms with Gasteiger partial charge in [0.1, 0.15) is 5.82 Å². The lowest BCUT2D eigenvalue weighted by Gasteiger charge is -2.16. The summed E-state index contributed by atoms with van der Waals surface area (Å²) in [6, 6.07) is 6.55. The van der Waals surface area contributed by atoms with Gasteiger partial charge in [-0.05, 0) is 22.9 Å². The van der Waals surface area contributed by atoms with Gasteiger partial charge in [0.2, 0.25) is 0 Å². The number of hydrogen-bond donors (Lipinski definition) is 1. The third-order valence-electron chi connectivity index (χ3n) is 3.19.